The summed E-state index contributed by atoms with van der Waals surface area (Å²) in [5, 5.41) is 0. The van der Waals surface area contributed by atoms with Gasteiger partial charge in [0.2, 0.25) is 0 Å². The van der Waals surface area contributed by atoms with E-state index < -0.39 is 6.10 Å². The number of carbonyl (C=O) groups excluding carboxylic acids is 1. The van der Waals surface area contributed by atoms with Crippen molar-refractivity contribution in [3.63, 3.8) is 0 Å². The minimum atomic E-state index is -0.414. The first kappa shape index (κ1) is 12.8. The van der Waals surface area contributed by atoms with Gasteiger partial charge in [0, 0.05) is 13.2 Å². The lowest BCUT2D eigenvalue weighted by molar-refractivity contribution is -0.134. The van der Waals surface area contributed by atoms with Gasteiger partial charge in [-0.15, -0.1) is 0 Å². The van der Waals surface area contributed by atoms with Crippen LogP contribution in [0.1, 0.15) is 25.7 Å². The third kappa shape index (κ3) is 3.64. The molecule has 2 heterocycles. The van der Waals surface area contributed by atoms with Gasteiger partial charge in [-0.1, -0.05) is 0 Å². The Kier molecular flexibility index (Phi) is 4.73. The maximum absolute atomic E-state index is 11.2. The van der Waals surface area contributed by atoms with Crippen molar-refractivity contribution >= 4 is 5.91 Å². The molecule has 1 amide bonds. The van der Waals surface area contributed by atoms with Crippen LogP contribution in [0.25, 0.3) is 0 Å². The molecule has 0 radical (unpaired) electrons. The number of ether oxygens (including phenoxy) is 3. The van der Waals surface area contributed by atoms with Gasteiger partial charge in [0.25, 0.3) is 5.91 Å². The van der Waals surface area contributed by atoms with E-state index in [0.717, 1.165) is 32.5 Å². The number of nitrogens with one attached hydrogen (secondary N) is 1. The summed E-state index contributed by atoms with van der Waals surface area (Å²) >= 11 is 0. The molecule has 98 valence electrons. The van der Waals surface area contributed by atoms with Crippen molar-refractivity contribution in [2.75, 3.05) is 19.8 Å². The Balaban J connectivity index is 1.65. The average Bonchev–Trinajstić information content (AvgIpc) is 2.85. The van der Waals surface area contributed by atoms with Gasteiger partial charge >= 0.3 is 0 Å². The van der Waals surface area contributed by atoms with E-state index in [0.29, 0.717) is 13.0 Å². The smallest absolute Gasteiger partial charge is 0.263 e. The van der Waals surface area contributed by atoms with Gasteiger partial charge in [0.1, 0.15) is 6.10 Å². The lowest BCUT2D eigenvalue weighted by Crippen LogP contribution is -2.39. The fourth-order valence-corrected chi connectivity index (χ4v) is 2.20. The van der Waals surface area contributed by atoms with E-state index in [9.17, 15) is 4.79 Å². The Labute approximate surface area is 101 Å². The van der Waals surface area contributed by atoms with Crippen LogP contribution in [-0.2, 0) is 19.0 Å². The Morgan fingerprint density at radius 2 is 2.06 bits per heavy atom. The molecule has 0 aliphatic carbocycles. The number of hydrazine groups is 1. The topological polar surface area (TPSA) is 82.8 Å². The summed E-state index contributed by atoms with van der Waals surface area (Å²) < 4.78 is 16.6. The summed E-state index contributed by atoms with van der Waals surface area (Å²) in [6, 6.07) is 0. The molecule has 0 aromatic carbocycles. The van der Waals surface area contributed by atoms with Crippen LogP contribution >= 0.6 is 0 Å². The number of carbonyl (C=O) groups is 1. The Morgan fingerprint density at radius 1 is 1.29 bits per heavy atom. The molecule has 3 N–H and O–H groups in total. The standard InChI is InChI=1S/C11H20N2O4/c12-13-11(14)10-2-1-9(17-10)7-16-8-3-5-15-6-4-8/h8-10H,1-7,12H2,(H,13,14). The summed E-state index contributed by atoms with van der Waals surface area (Å²) in [4.78, 5) is 11.2. The van der Waals surface area contributed by atoms with Gasteiger partial charge in [0.05, 0.1) is 18.8 Å². The zero-order valence-corrected chi connectivity index (χ0v) is 9.89. The number of nitrogens with two attached hydrogens (primary N) is 1. The molecule has 0 aromatic heterocycles. The second kappa shape index (κ2) is 6.30. The van der Waals surface area contributed by atoms with Crippen molar-refractivity contribution in [2.45, 2.75) is 44.0 Å². The van der Waals surface area contributed by atoms with E-state index in [-0.39, 0.29) is 18.1 Å². The molecule has 2 saturated heterocycles. The summed E-state index contributed by atoms with van der Waals surface area (Å²) in [6.45, 7) is 2.10. The van der Waals surface area contributed by atoms with Gasteiger partial charge in [-0.2, -0.15) is 0 Å². The lowest BCUT2D eigenvalue weighted by Gasteiger charge is -2.23. The summed E-state index contributed by atoms with van der Waals surface area (Å²) in [5.41, 5.74) is 2.11. The van der Waals surface area contributed by atoms with Crippen molar-refractivity contribution in [1.29, 1.82) is 0 Å². The second-order valence-corrected chi connectivity index (χ2v) is 4.48. The molecule has 6 nitrogen and oxygen atoms in total. The highest BCUT2D eigenvalue weighted by atomic mass is 16.6. The Hall–Kier alpha value is -0.690. The van der Waals surface area contributed by atoms with Crippen molar-refractivity contribution < 1.29 is 19.0 Å². The van der Waals surface area contributed by atoms with Crippen molar-refractivity contribution in [3.05, 3.63) is 0 Å². The van der Waals surface area contributed by atoms with E-state index in [1.807, 2.05) is 0 Å². The first-order valence-electron chi connectivity index (χ1n) is 6.15. The normalized spacial score (nSPS) is 30.4. The van der Waals surface area contributed by atoms with Gasteiger partial charge in [-0.25, -0.2) is 5.84 Å². The maximum Gasteiger partial charge on any atom is 0.263 e. The van der Waals surface area contributed by atoms with Crippen LogP contribution in [0.5, 0.6) is 0 Å². The summed E-state index contributed by atoms with van der Waals surface area (Å²) in [5.74, 6) is 4.81. The van der Waals surface area contributed by atoms with E-state index in [2.05, 4.69) is 5.43 Å². The Bertz CT molecular complexity index is 256. The fourth-order valence-electron chi connectivity index (χ4n) is 2.20. The SMILES string of the molecule is NNC(=O)C1CCC(COC2CCOCC2)O1. The number of rotatable bonds is 4. The molecule has 2 atom stereocenters. The molecule has 2 unspecified atom stereocenters. The number of amides is 1. The van der Waals surface area contributed by atoms with Crippen molar-refractivity contribution in [1.82, 2.24) is 5.43 Å². The van der Waals surface area contributed by atoms with Gasteiger partial charge in [0.15, 0.2) is 0 Å². The molecular weight excluding hydrogens is 224 g/mol. The first-order valence-corrected chi connectivity index (χ1v) is 6.15. The largest absolute Gasteiger partial charge is 0.381 e. The van der Waals surface area contributed by atoms with E-state index in [1.165, 1.54) is 0 Å². The molecule has 6 heteroatoms. The van der Waals surface area contributed by atoms with Crippen LogP contribution in [0.4, 0.5) is 0 Å². The van der Waals surface area contributed by atoms with Gasteiger partial charge in [-0.3, -0.25) is 10.2 Å². The maximum atomic E-state index is 11.2. The minimum absolute atomic E-state index is 0.0140. The highest BCUT2D eigenvalue weighted by molar-refractivity contribution is 5.80. The second-order valence-electron chi connectivity index (χ2n) is 4.48. The van der Waals surface area contributed by atoms with Gasteiger partial charge in [-0.05, 0) is 25.7 Å². The number of hydrogen-bond donors (Lipinski definition) is 2. The molecular formula is C11H20N2O4. The van der Waals surface area contributed by atoms with E-state index >= 15 is 0 Å². The lowest BCUT2D eigenvalue weighted by atomic mass is 10.1. The number of hydrogen-bond acceptors (Lipinski definition) is 5. The zero-order chi connectivity index (χ0) is 12.1. The van der Waals surface area contributed by atoms with Crippen LogP contribution in [0.3, 0.4) is 0 Å². The third-order valence-electron chi connectivity index (χ3n) is 3.23. The minimum Gasteiger partial charge on any atom is -0.381 e. The third-order valence-corrected chi connectivity index (χ3v) is 3.23. The first-order chi connectivity index (χ1) is 8.29. The van der Waals surface area contributed by atoms with Crippen LogP contribution < -0.4 is 11.3 Å². The molecule has 0 spiro atoms. The fraction of sp³-hybridized carbons (Fsp3) is 0.909. The monoisotopic (exact) mass is 244 g/mol. The van der Waals surface area contributed by atoms with Crippen molar-refractivity contribution in [2.24, 2.45) is 5.84 Å². The quantitative estimate of drug-likeness (QED) is 0.404. The molecule has 2 rings (SSSR count). The predicted molar refractivity (Wildman–Crippen MR) is 60.0 cm³/mol. The summed E-state index contributed by atoms with van der Waals surface area (Å²) in [7, 11) is 0. The molecule has 0 saturated carbocycles. The molecule has 2 fully saturated rings. The van der Waals surface area contributed by atoms with Crippen LogP contribution in [0.2, 0.25) is 0 Å². The Morgan fingerprint density at radius 3 is 2.76 bits per heavy atom. The average molecular weight is 244 g/mol. The van der Waals surface area contributed by atoms with E-state index in [4.69, 9.17) is 20.1 Å². The van der Waals surface area contributed by atoms with E-state index in [1.54, 1.807) is 0 Å². The van der Waals surface area contributed by atoms with Crippen LogP contribution in [0, 0.1) is 0 Å². The van der Waals surface area contributed by atoms with Crippen LogP contribution in [0.15, 0.2) is 0 Å². The summed E-state index contributed by atoms with van der Waals surface area (Å²) in [6.07, 6.45) is 3.32. The van der Waals surface area contributed by atoms with Crippen molar-refractivity contribution in [3.8, 4) is 0 Å². The highest BCUT2D eigenvalue weighted by Crippen LogP contribution is 2.21. The molecule has 2 aliphatic rings. The van der Waals surface area contributed by atoms with Crippen LogP contribution in [-0.4, -0.2) is 44.0 Å². The predicted octanol–water partition coefficient (Wildman–Crippen LogP) is -0.280. The zero-order valence-electron chi connectivity index (χ0n) is 9.89. The molecule has 0 bridgehead atoms. The molecule has 17 heavy (non-hydrogen) atoms. The molecule has 2 aliphatic heterocycles. The highest BCUT2D eigenvalue weighted by Gasteiger charge is 2.31. The van der Waals surface area contributed by atoms with Gasteiger partial charge < -0.3 is 14.2 Å². The molecule has 0 aromatic rings.